The number of likely N-dealkylation sites (tertiary alicyclic amines) is 1. The highest BCUT2D eigenvalue weighted by Crippen LogP contribution is 2.17. The van der Waals surface area contributed by atoms with Crippen molar-refractivity contribution in [1.82, 2.24) is 10.2 Å². The van der Waals surface area contributed by atoms with Crippen molar-refractivity contribution < 1.29 is 5.11 Å². The van der Waals surface area contributed by atoms with Gasteiger partial charge in [-0.15, -0.1) is 0 Å². The summed E-state index contributed by atoms with van der Waals surface area (Å²) in [6, 6.07) is 0.629. The molecule has 0 bridgehead atoms. The van der Waals surface area contributed by atoms with Gasteiger partial charge >= 0.3 is 0 Å². The second kappa shape index (κ2) is 5.58. The van der Waals surface area contributed by atoms with E-state index in [1.807, 2.05) is 7.05 Å². The summed E-state index contributed by atoms with van der Waals surface area (Å²) >= 11 is 0. The highest BCUT2D eigenvalue weighted by molar-refractivity contribution is 4.76. The van der Waals surface area contributed by atoms with Gasteiger partial charge in [-0.05, 0) is 45.8 Å². The molecule has 1 saturated heterocycles. The Kier molecular flexibility index (Phi) is 4.70. The van der Waals surface area contributed by atoms with Gasteiger partial charge < -0.3 is 10.4 Å². The lowest BCUT2D eigenvalue weighted by molar-refractivity contribution is 0.106. The predicted octanol–water partition coefficient (Wildman–Crippen LogP) is 0.299. The van der Waals surface area contributed by atoms with E-state index in [4.69, 9.17) is 5.11 Å². The Bertz CT molecular complexity index is 133. The van der Waals surface area contributed by atoms with Crippen LogP contribution in [0.1, 0.15) is 19.8 Å². The van der Waals surface area contributed by atoms with Crippen LogP contribution in [0.25, 0.3) is 0 Å². The molecule has 3 nitrogen and oxygen atoms in total. The smallest absolute Gasteiger partial charge is 0.0460 e. The molecule has 3 heteroatoms. The first kappa shape index (κ1) is 11.0. The van der Waals surface area contributed by atoms with Crippen molar-refractivity contribution in [3.63, 3.8) is 0 Å². The Morgan fingerprint density at radius 2 is 2.08 bits per heavy atom. The molecule has 78 valence electrons. The molecule has 1 fully saturated rings. The van der Waals surface area contributed by atoms with E-state index < -0.39 is 0 Å². The van der Waals surface area contributed by atoms with Crippen molar-refractivity contribution in [3.8, 4) is 0 Å². The van der Waals surface area contributed by atoms with Gasteiger partial charge in [-0.1, -0.05) is 0 Å². The molecular formula is C10H22N2O. The summed E-state index contributed by atoms with van der Waals surface area (Å²) in [6.07, 6.45) is 2.31. The highest BCUT2D eigenvalue weighted by Gasteiger charge is 2.21. The van der Waals surface area contributed by atoms with Crippen molar-refractivity contribution in [3.05, 3.63) is 0 Å². The van der Waals surface area contributed by atoms with Crippen LogP contribution < -0.4 is 5.32 Å². The maximum absolute atomic E-state index is 8.99. The number of aliphatic hydroxyl groups excluding tert-OH is 1. The molecule has 1 aliphatic heterocycles. The number of nitrogens with one attached hydrogen (secondary N) is 1. The van der Waals surface area contributed by atoms with E-state index in [2.05, 4.69) is 17.1 Å². The number of rotatable bonds is 4. The zero-order valence-electron chi connectivity index (χ0n) is 8.79. The fourth-order valence-corrected chi connectivity index (χ4v) is 2.00. The summed E-state index contributed by atoms with van der Waals surface area (Å²) in [5, 5.41) is 12.2. The Morgan fingerprint density at radius 3 is 2.54 bits per heavy atom. The minimum atomic E-state index is 0.369. The molecule has 2 N–H and O–H groups in total. The second-order valence-electron chi connectivity index (χ2n) is 4.07. The van der Waals surface area contributed by atoms with E-state index in [0.717, 1.165) is 32.5 Å². The van der Waals surface area contributed by atoms with Crippen LogP contribution in [-0.4, -0.2) is 49.3 Å². The molecular weight excluding hydrogens is 164 g/mol. The van der Waals surface area contributed by atoms with Crippen molar-refractivity contribution >= 4 is 0 Å². The predicted molar refractivity (Wildman–Crippen MR) is 54.8 cm³/mol. The van der Waals surface area contributed by atoms with Crippen LogP contribution in [0, 0.1) is 5.92 Å². The van der Waals surface area contributed by atoms with Crippen LogP contribution in [0.15, 0.2) is 0 Å². The number of hydrogen-bond acceptors (Lipinski definition) is 3. The monoisotopic (exact) mass is 186 g/mol. The maximum Gasteiger partial charge on any atom is 0.0460 e. The van der Waals surface area contributed by atoms with Gasteiger partial charge in [0.2, 0.25) is 0 Å². The molecule has 1 rings (SSSR count). The van der Waals surface area contributed by atoms with E-state index in [9.17, 15) is 0 Å². The summed E-state index contributed by atoms with van der Waals surface area (Å²) < 4.78 is 0. The molecule has 0 radical (unpaired) electrons. The molecule has 13 heavy (non-hydrogen) atoms. The molecule has 1 atom stereocenters. The third-order valence-electron chi connectivity index (χ3n) is 3.03. The first-order valence-electron chi connectivity index (χ1n) is 5.27. The molecule has 1 unspecified atom stereocenters. The van der Waals surface area contributed by atoms with Crippen LogP contribution >= 0.6 is 0 Å². The van der Waals surface area contributed by atoms with Crippen LogP contribution in [-0.2, 0) is 0 Å². The van der Waals surface area contributed by atoms with E-state index in [1.54, 1.807) is 0 Å². The summed E-state index contributed by atoms with van der Waals surface area (Å²) in [5.74, 6) is 0.554. The lowest BCUT2D eigenvalue weighted by Crippen LogP contribution is -2.44. The first-order chi connectivity index (χ1) is 6.27. The number of likely N-dealkylation sites (N-methyl/N-ethyl adjacent to an activating group) is 1. The standard InChI is InChI=1S/C10H22N2O/c1-9(7-11-2)12-5-3-10(8-13)4-6-12/h9-11,13H,3-8H2,1-2H3. The number of nitrogens with zero attached hydrogens (tertiary/aromatic N) is 1. The van der Waals surface area contributed by atoms with Gasteiger partial charge in [0.25, 0.3) is 0 Å². The Balaban J connectivity index is 2.23. The minimum Gasteiger partial charge on any atom is -0.396 e. The maximum atomic E-state index is 8.99. The Hall–Kier alpha value is -0.120. The third kappa shape index (κ3) is 3.25. The molecule has 0 aromatic heterocycles. The average molecular weight is 186 g/mol. The van der Waals surface area contributed by atoms with Crippen molar-refractivity contribution in [2.75, 3.05) is 33.3 Å². The molecule has 0 aliphatic carbocycles. The van der Waals surface area contributed by atoms with Gasteiger partial charge in [0.1, 0.15) is 0 Å². The summed E-state index contributed by atoms with van der Waals surface area (Å²) in [4.78, 5) is 2.50. The largest absolute Gasteiger partial charge is 0.396 e. The quantitative estimate of drug-likeness (QED) is 0.663. The first-order valence-corrected chi connectivity index (χ1v) is 5.27. The lowest BCUT2D eigenvalue weighted by Gasteiger charge is -2.35. The Morgan fingerprint density at radius 1 is 1.46 bits per heavy atom. The lowest BCUT2D eigenvalue weighted by atomic mass is 9.97. The van der Waals surface area contributed by atoms with Gasteiger partial charge in [0.15, 0.2) is 0 Å². The normalized spacial score (nSPS) is 23.3. The van der Waals surface area contributed by atoms with Gasteiger partial charge in [-0.2, -0.15) is 0 Å². The molecule has 0 aromatic rings. The summed E-state index contributed by atoms with van der Waals surface area (Å²) in [6.45, 7) is 5.98. The number of hydrogen-bond donors (Lipinski definition) is 2. The number of aliphatic hydroxyl groups is 1. The molecule has 1 heterocycles. The highest BCUT2D eigenvalue weighted by atomic mass is 16.3. The summed E-state index contributed by atoms with van der Waals surface area (Å²) in [7, 11) is 2.00. The third-order valence-corrected chi connectivity index (χ3v) is 3.03. The Labute approximate surface area is 81.1 Å². The zero-order valence-corrected chi connectivity index (χ0v) is 8.79. The van der Waals surface area contributed by atoms with Gasteiger partial charge in [-0.3, -0.25) is 4.90 Å². The van der Waals surface area contributed by atoms with Crippen LogP contribution in [0.2, 0.25) is 0 Å². The topological polar surface area (TPSA) is 35.5 Å². The fraction of sp³-hybridized carbons (Fsp3) is 1.00. The second-order valence-corrected chi connectivity index (χ2v) is 4.07. The van der Waals surface area contributed by atoms with E-state index >= 15 is 0 Å². The number of piperidine rings is 1. The fourth-order valence-electron chi connectivity index (χ4n) is 2.00. The molecule has 0 aromatic carbocycles. The van der Waals surface area contributed by atoms with Gasteiger partial charge in [0, 0.05) is 19.2 Å². The summed E-state index contributed by atoms with van der Waals surface area (Å²) in [5.41, 5.74) is 0. The molecule has 0 amide bonds. The van der Waals surface area contributed by atoms with Gasteiger partial charge in [0.05, 0.1) is 0 Å². The SMILES string of the molecule is CNCC(C)N1CCC(CO)CC1. The van der Waals surface area contributed by atoms with Crippen molar-refractivity contribution in [2.24, 2.45) is 5.92 Å². The van der Waals surface area contributed by atoms with Crippen LogP contribution in [0.5, 0.6) is 0 Å². The van der Waals surface area contributed by atoms with Crippen molar-refractivity contribution in [2.45, 2.75) is 25.8 Å². The zero-order chi connectivity index (χ0) is 9.68. The van der Waals surface area contributed by atoms with Crippen molar-refractivity contribution in [1.29, 1.82) is 0 Å². The minimum absolute atomic E-state index is 0.369. The van der Waals surface area contributed by atoms with Crippen LogP contribution in [0.4, 0.5) is 0 Å². The average Bonchev–Trinajstić information content (AvgIpc) is 2.18. The van der Waals surface area contributed by atoms with Gasteiger partial charge in [-0.25, -0.2) is 0 Å². The molecule has 0 spiro atoms. The van der Waals surface area contributed by atoms with E-state index in [0.29, 0.717) is 18.6 Å². The van der Waals surface area contributed by atoms with E-state index in [-0.39, 0.29) is 0 Å². The van der Waals surface area contributed by atoms with E-state index in [1.165, 1.54) is 0 Å². The molecule has 0 saturated carbocycles. The van der Waals surface area contributed by atoms with Crippen LogP contribution in [0.3, 0.4) is 0 Å². The molecule has 1 aliphatic rings.